The fourth-order valence-corrected chi connectivity index (χ4v) is 5.51. The number of benzene rings is 1. The van der Waals surface area contributed by atoms with Crippen molar-refractivity contribution in [1.29, 1.82) is 0 Å². The third-order valence-electron chi connectivity index (χ3n) is 4.20. The molecule has 1 saturated carbocycles. The second-order valence-corrected chi connectivity index (χ2v) is 8.25. The van der Waals surface area contributed by atoms with Gasteiger partial charge in [0, 0.05) is 13.7 Å². The zero-order valence-corrected chi connectivity index (χ0v) is 14.8. The van der Waals surface area contributed by atoms with Crippen LogP contribution in [-0.2, 0) is 24.1 Å². The fourth-order valence-electron chi connectivity index (χ4n) is 3.12. The zero-order valence-electron chi connectivity index (χ0n) is 13.2. The van der Waals surface area contributed by atoms with Gasteiger partial charge < -0.3 is 9.47 Å². The number of ether oxygens (including phenoxy) is 2. The Kier molecular flexibility index (Phi) is 6.06. The van der Waals surface area contributed by atoms with Crippen molar-refractivity contribution in [2.24, 2.45) is 11.8 Å². The Morgan fingerprint density at radius 1 is 1.30 bits per heavy atom. The lowest BCUT2D eigenvalue weighted by Crippen LogP contribution is -2.24. The van der Waals surface area contributed by atoms with E-state index >= 15 is 0 Å². The van der Waals surface area contributed by atoms with Gasteiger partial charge >= 0.3 is 5.97 Å². The van der Waals surface area contributed by atoms with Crippen molar-refractivity contribution in [3.05, 3.63) is 29.3 Å². The van der Waals surface area contributed by atoms with Crippen LogP contribution in [0, 0.1) is 11.8 Å². The minimum atomic E-state index is -3.60. The minimum Gasteiger partial charge on any atom is -0.466 e. The van der Waals surface area contributed by atoms with Crippen LogP contribution in [-0.4, -0.2) is 40.0 Å². The highest BCUT2D eigenvalue weighted by atomic mass is 35.5. The molecule has 1 unspecified atom stereocenters. The summed E-state index contributed by atoms with van der Waals surface area (Å²) in [5.41, 5.74) is 0. The van der Waals surface area contributed by atoms with Crippen molar-refractivity contribution in [1.82, 2.24) is 0 Å². The van der Waals surface area contributed by atoms with E-state index in [1.807, 2.05) is 0 Å². The number of carbonyl (C=O) groups excluding carboxylic acids is 1. The molecule has 1 aromatic rings. The number of halogens is 1. The maximum atomic E-state index is 12.9. The second-order valence-electron chi connectivity index (χ2n) is 5.64. The van der Waals surface area contributed by atoms with E-state index in [0.29, 0.717) is 13.0 Å². The van der Waals surface area contributed by atoms with Gasteiger partial charge in [-0.15, -0.1) is 0 Å². The van der Waals surface area contributed by atoms with Crippen LogP contribution in [0.15, 0.2) is 29.2 Å². The van der Waals surface area contributed by atoms with Gasteiger partial charge in [-0.05, 0) is 37.8 Å². The minimum absolute atomic E-state index is 0.118. The molecule has 0 N–H and O–H groups in total. The van der Waals surface area contributed by atoms with Gasteiger partial charge in [-0.25, -0.2) is 8.42 Å². The monoisotopic (exact) mass is 360 g/mol. The molecule has 0 aliphatic heterocycles. The first kappa shape index (κ1) is 18.2. The summed E-state index contributed by atoms with van der Waals surface area (Å²) in [5, 5.41) is -0.452. The van der Waals surface area contributed by atoms with Crippen LogP contribution in [0.25, 0.3) is 0 Å². The highest BCUT2D eigenvalue weighted by Gasteiger charge is 2.45. The van der Waals surface area contributed by atoms with E-state index in [-0.39, 0.29) is 34.8 Å². The van der Waals surface area contributed by atoms with Gasteiger partial charge in [0.15, 0.2) is 9.84 Å². The second kappa shape index (κ2) is 7.64. The number of hydrogen-bond acceptors (Lipinski definition) is 5. The summed E-state index contributed by atoms with van der Waals surface area (Å²) in [5.74, 6) is -0.982. The van der Waals surface area contributed by atoms with E-state index in [9.17, 15) is 13.2 Å². The molecule has 0 bridgehead atoms. The maximum absolute atomic E-state index is 12.9. The fraction of sp³-hybridized carbons (Fsp3) is 0.562. The summed E-state index contributed by atoms with van der Waals surface area (Å²) in [6.07, 6.45) is 0.602. The lowest BCUT2D eigenvalue weighted by atomic mass is 9.97. The number of hydrogen-bond donors (Lipinski definition) is 0. The van der Waals surface area contributed by atoms with Gasteiger partial charge in [0.2, 0.25) is 0 Å². The standard InChI is InChI=1S/C16H21ClO5S/c1-3-22-16(18)13-9-12(8-11(13)10-21-2)23(19,20)15-7-5-4-6-14(15)17/h4-7,11-13H,3,8-10H2,1-2H3/t11-,12?,13+/m0/s1. The lowest BCUT2D eigenvalue weighted by Gasteiger charge is -2.16. The molecule has 1 aliphatic rings. The summed E-state index contributed by atoms with van der Waals surface area (Å²) >= 11 is 6.04. The van der Waals surface area contributed by atoms with Gasteiger partial charge in [0.1, 0.15) is 0 Å². The number of esters is 1. The van der Waals surface area contributed by atoms with E-state index in [0.717, 1.165) is 0 Å². The van der Waals surface area contributed by atoms with Gasteiger partial charge in [0.05, 0.1) is 27.7 Å². The van der Waals surface area contributed by atoms with Crippen molar-refractivity contribution >= 4 is 27.4 Å². The molecule has 1 aromatic carbocycles. The summed E-state index contributed by atoms with van der Waals surface area (Å²) in [6.45, 7) is 2.34. The Balaban J connectivity index is 2.27. The molecule has 128 valence electrons. The molecule has 1 fully saturated rings. The molecular formula is C16H21ClO5S. The molecule has 7 heteroatoms. The Hall–Kier alpha value is -1.11. The highest BCUT2D eigenvalue weighted by molar-refractivity contribution is 7.92. The smallest absolute Gasteiger partial charge is 0.309 e. The Bertz CT molecular complexity index is 658. The van der Waals surface area contributed by atoms with Gasteiger partial charge in [-0.2, -0.15) is 0 Å². The molecule has 0 radical (unpaired) electrons. The molecule has 3 atom stereocenters. The average Bonchev–Trinajstić information content (AvgIpc) is 2.93. The van der Waals surface area contributed by atoms with Crippen LogP contribution in [0.4, 0.5) is 0 Å². The van der Waals surface area contributed by atoms with Crippen molar-refractivity contribution in [3.8, 4) is 0 Å². The molecule has 2 rings (SSSR count). The van der Waals surface area contributed by atoms with Crippen molar-refractivity contribution in [3.63, 3.8) is 0 Å². The number of rotatable bonds is 6. The van der Waals surface area contributed by atoms with E-state index in [1.54, 1.807) is 25.1 Å². The summed E-state index contributed by atoms with van der Waals surface area (Å²) in [7, 11) is -2.06. The third-order valence-corrected chi connectivity index (χ3v) is 6.88. The summed E-state index contributed by atoms with van der Waals surface area (Å²) in [4.78, 5) is 12.2. The number of carbonyl (C=O) groups is 1. The average molecular weight is 361 g/mol. The SMILES string of the molecule is CCOC(=O)[C@@H]1CC(S(=O)(=O)c2ccccc2Cl)C[C@H]1COC. The quantitative estimate of drug-likeness (QED) is 0.729. The van der Waals surface area contributed by atoms with Gasteiger partial charge in [0.25, 0.3) is 0 Å². The van der Waals surface area contributed by atoms with Crippen molar-refractivity contribution in [2.75, 3.05) is 20.3 Å². The van der Waals surface area contributed by atoms with Gasteiger partial charge in [-0.1, -0.05) is 23.7 Å². The van der Waals surface area contributed by atoms with Crippen LogP contribution in [0.1, 0.15) is 19.8 Å². The number of sulfone groups is 1. The van der Waals surface area contributed by atoms with Crippen molar-refractivity contribution < 1.29 is 22.7 Å². The van der Waals surface area contributed by atoms with Crippen LogP contribution >= 0.6 is 11.6 Å². The van der Waals surface area contributed by atoms with Crippen LogP contribution in [0.2, 0.25) is 5.02 Å². The van der Waals surface area contributed by atoms with Crippen LogP contribution < -0.4 is 0 Å². The first-order valence-corrected chi connectivity index (χ1v) is 9.48. The van der Waals surface area contributed by atoms with Crippen LogP contribution in [0.3, 0.4) is 0 Å². The van der Waals surface area contributed by atoms with Crippen molar-refractivity contribution in [2.45, 2.75) is 29.9 Å². The topological polar surface area (TPSA) is 69.7 Å². The molecule has 0 heterocycles. The first-order valence-electron chi connectivity index (χ1n) is 7.55. The number of methoxy groups -OCH3 is 1. The van der Waals surface area contributed by atoms with E-state index in [4.69, 9.17) is 21.1 Å². The molecule has 5 nitrogen and oxygen atoms in total. The Labute approximate surface area is 141 Å². The van der Waals surface area contributed by atoms with E-state index < -0.39 is 21.0 Å². The largest absolute Gasteiger partial charge is 0.466 e. The highest BCUT2D eigenvalue weighted by Crippen LogP contribution is 2.40. The van der Waals surface area contributed by atoms with E-state index in [1.165, 1.54) is 13.2 Å². The summed E-state index contributed by atoms with van der Waals surface area (Å²) in [6, 6.07) is 6.38. The molecular weight excluding hydrogens is 340 g/mol. The maximum Gasteiger partial charge on any atom is 0.309 e. The predicted molar refractivity (Wildman–Crippen MR) is 87.1 cm³/mol. The Morgan fingerprint density at radius 2 is 2.00 bits per heavy atom. The molecule has 0 saturated heterocycles. The van der Waals surface area contributed by atoms with Crippen LogP contribution in [0.5, 0.6) is 0 Å². The molecule has 23 heavy (non-hydrogen) atoms. The zero-order chi connectivity index (χ0) is 17.0. The Morgan fingerprint density at radius 3 is 2.61 bits per heavy atom. The lowest BCUT2D eigenvalue weighted by molar-refractivity contribution is -0.149. The van der Waals surface area contributed by atoms with E-state index in [2.05, 4.69) is 0 Å². The third kappa shape index (κ3) is 3.87. The van der Waals surface area contributed by atoms with Gasteiger partial charge in [-0.3, -0.25) is 4.79 Å². The molecule has 0 aromatic heterocycles. The molecule has 0 spiro atoms. The molecule has 1 aliphatic carbocycles. The normalized spacial score (nSPS) is 24.6. The summed E-state index contributed by atoms with van der Waals surface area (Å²) < 4.78 is 35.9. The predicted octanol–water partition coefficient (Wildman–Crippen LogP) is 2.72. The molecule has 0 amide bonds. The first-order chi connectivity index (χ1) is 10.9.